The van der Waals surface area contributed by atoms with Gasteiger partial charge in [0.25, 0.3) is 0 Å². The average Bonchev–Trinajstić information content (AvgIpc) is 2.50. The Morgan fingerprint density at radius 3 is 1.89 bits per heavy atom. The van der Waals surface area contributed by atoms with Gasteiger partial charge in [0.2, 0.25) is 0 Å². The maximum absolute atomic E-state index is 12.4. The van der Waals surface area contributed by atoms with Gasteiger partial charge < -0.3 is 19.9 Å². The first-order valence-corrected chi connectivity index (χ1v) is 8.98. The summed E-state index contributed by atoms with van der Waals surface area (Å²) in [6.07, 6.45) is -1.59. The molecule has 0 aromatic heterocycles. The van der Waals surface area contributed by atoms with Crippen molar-refractivity contribution in [2.45, 2.75) is 65.4 Å². The number of amides is 2. The van der Waals surface area contributed by atoms with Crippen molar-refractivity contribution in [3.8, 4) is 0 Å². The minimum absolute atomic E-state index is 0.0708. The molecule has 7 nitrogen and oxygen atoms in total. The lowest BCUT2D eigenvalue weighted by Crippen LogP contribution is -2.49. The number of rotatable bonds is 6. The standard InChI is InChI=1S/C20H32N2O5/c1-19(2,3)26-17(23)22(18(24)27-20(4,5)6)12-16(21)14-25-13-15-10-8-7-9-11-15/h7-11,16H,12-14,21H2,1-6H3. The molecule has 0 aliphatic heterocycles. The topological polar surface area (TPSA) is 91.1 Å². The monoisotopic (exact) mass is 380 g/mol. The minimum Gasteiger partial charge on any atom is -0.443 e. The van der Waals surface area contributed by atoms with E-state index in [1.807, 2.05) is 30.3 Å². The van der Waals surface area contributed by atoms with Crippen molar-refractivity contribution in [1.82, 2.24) is 4.90 Å². The molecule has 0 fully saturated rings. The average molecular weight is 380 g/mol. The van der Waals surface area contributed by atoms with Crippen LogP contribution >= 0.6 is 0 Å². The van der Waals surface area contributed by atoms with Crippen LogP contribution in [0, 0.1) is 0 Å². The number of carbonyl (C=O) groups excluding carboxylic acids is 2. The van der Waals surface area contributed by atoms with Gasteiger partial charge in [0.1, 0.15) is 11.2 Å². The molecule has 0 aliphatic carbocycles. The van der Waals surface area contributed by atoms with E-state index < -0.39 is 29.4 Å². The summed E-state index contributed by atoms with van der Waals surface area (Å²) in [6.45, 7) is 10.8. The molecule has 0 aliphatic rings. The Morgan fingerprint density at radius 2 is 1.44 bits per heavy atom. The Bertz CT molecular complexity index is 577. The Morgan fingerprint density at radius 1 is 0.963 bits per heavy atom. The van der Waals surface area contributed by atoms with E-state index in [4.69, 9.17) is 19.9 Å². The Labute approximate surface area is 161 Å². The van der Waals surface area contributed by atoms with E-state index >= 15 is 0 Å². The second-order valence-corrected chi connectivity index (χ2v) is 8.33. The van der Waals surface area contributed by atoms with Crippen molar-refractivity contribution in [2.75, 3.05) is 13.2 Å². The number of nitrogens with zero attached hydrogens (tertiary/aromatic N) is 1. The van der Waals surface area contributed by atoms with Gasteiger partial charge >= 0.3 is 12.2 Å². The third-order valence-corrected chi connectivity index (χ3v) is 3.09. The summed E-state index contributed by atoms with van der Waals surface area (Å²) < 4.78 is 16.2. The van der Waals surface area contributed by atoms with Crippen LogP contribution in [0.15, 0.2) is 30.3 Å². The summed E-state index contributed by atoms with van der Waals surface area (Å²) in [5, 5.41) is 0. The largest absolute Gasteiger partial charge is 0.443 e. The number of nitrogens with two attached hydrogens (primary N) is 1. The van der Waals surface area contributed by atoms with Crippen LogP contribution in [0.1, 0.15) is 47.1 Å². The van der Waals surface area contributed by atoms with Crippen molar-refractivity contribution in [3.05, 3.63) is 35.9 Å². The van der Waals surface area contributed by atoms with Crippen molar-refractivity contribution < 1.29 is 23.8 Å². The van der Waals surface area contributed by atoms with Crippen LogP contribution in [0.4, 0.5) is 9.59 Å². The maximum Gasteiger partial charge on any atom is 0.419 e. The first-order valence-electron chi connectivity index (χ1n) is 8.98. The number of ether oxygens (including phenoxy) is 3. The summed E-state index contributed by atoms with van der Waals surface area (Å²) in [6, 6.07) is 9.08. The second-order valence-electron chi connectivity index (χ2n) is 8.33. The highest BCUT2D eigenvalue weighted by Gasteiger charge is 2.32. The fourth-order valence-corrected chi connectivity index (χ4v) is 2.05. The quantitative estimate of drug-likeness (QED) is 0.809. The van der Waals surface area contributed by atoms with Crippen LogP contribution in [0.5, 0.6) is 0 Å². The van der Waals surface area contributed by atoms with Crippen molar-refractivity contribution in [2.24, 2.45) is 5.73 Å². The van der Waals surface area contributed by atoms with Gasteiger partial charge in [-0.3, -0.25) is 0 Å². The van der Waals surface area contributed by atoms with E-state index in [1.54, 1.807) is 41.5 Å². The number of benzene rings is 1. The third kappa shape index (κ3) is 9.96. The lowest BCUT2D eigenvalue weighted by Gasteiger charge is -2.29. The van der Waals surface area contributed by atoms with Crippen LogP contribution < -0.4 is 5.73 Å². The van der Waals surface area contributed by atoms with Crippen molar-refractivity contribution >= 4 is 12.2 Å². The normalized spacial score (nSPS) is 13.0. The highest BCUT2D eigenvalue weighted by atomic mass is 16.6. The molecule has 2 amide bonds. The number of imide groups is 1. The fraction of sp³-hybridized carbons (Fsp3) is 0.600. The molecule has 0 saturated heterocycles. The predicted octanol–water partition coefficient (Wildman–Crippen LogP) is 3.70. The molecule has 2 N–H and O–H groups in total. The van der Waals surface area contributed by atoms with Gasteiger partial charge in [-0.1, -0.05) is 30.3 Å². The van der Waals surface area contributed by atoms with E-state index in [-0.39, 0.29) is 13.2 Å². The summed E-state index contributed by atoms with van der Waals surface area (Å²) in [5.74, 6) is 0. The highest BCUT2D eigenvalue weighted by Crippen LogP contribution is 2.15. The zero-order chi connectivity index (χ0) is 20.7. The zero-order valence-electron chi connectivity index (χ0n) is 17.2. The van der Waals surface area contributed by atoms with Gasteiger partial charge in [-0.2, -0.15) is 0 Å². The first-order chi connectivity index (χ1) is 12.4. The molecular formula is C20H32N2O5. The van der Waals surface area contributed by atoms with E-state index in [0.717, 1.165) is 10.5 Å². The lowest BCUT2D eigenvalue weighted by molar-refractivity contribution is -0.00206. The smallest absolute Gasteiger partial charge is 0.419 e. The molecule has 7 heteroatoms. The molecule has 27 heavy (non-hydrogen) atoms. The van der Waals surface area contributed by atoms with E-state index in [9.17, 15) is 9.59 Å². The molecule has 1 aromatic rings. The van der Waals surface area contributed by atoms with Crippen molar-refractivity contribution in [1.29, 1.82) is 0 Å². The van der Waals surface area contributed by atoms with Gasteiger partial charge in [-0.15, -0.1) is 0 Å². The molecule has 0 heterocycles. The van der Waals surface area contributed by atoms with Gasteiger partial charge in [0.15, 0.2) is 0 Å². The second kappa shape index (κ2) is 9.71. The number of carbonyl (C=O) groups is 2. The van der Waals surface area contributed by atoms with E-state index in [2.05, 4.69) is 0 Å². The molecule has 152 valence electrons. The van der Waals surface area contributed by atoms with Crippen molar-refractivity contribution in [3.63, 3.8) is 0 Å². The summed E-state index contributed by atoms with van der Waals surface area (Å²) in [5.41, 5.74) is 5.58. The molecule has 0 bridgehead atoms. The van der Waals surface area contributed by atoms with Gasteiger partial charge in [0.05, 0.1) is 19.8 Å². The third-order valence-electron chi connectivity index (χ3n) is 3.09. The van der Waals surface area contributed by atoms with Crippen LogP contribution in [-0.4, -0.2) is 47.5 Å². The Balaban J connectivity index is 2.68. The molecular weight excluding hydrogens is 348 g/mol. The number of hydrogen-bond acceptors (Lipinski definition) is 6. The minimum atomic E-state index is -0.796. The summed E-state index contributed by atoms with van der Waals surface area (Å²) in [4.78, 5) is 25.7. The molecule has 1 rings (SSSR count). The Hall–Kier alpha value is -2.12. The van der Waals surface area contributed by atoms with Crippen LogP contribution in [-0.2, 0) is 20.8 Å². The number of hydrogen-bond donors (Lipinski definition) is 1. The van der Waals surface area contributed by atoms with Crippen LogP contribution in [0.2, 0.25) is 0 Å². The molecule has 0 radical (unpaired) electrons. The highest BCUT2D eigenvalue weighted by molar-refractivity contribution is 5.88. The van der Waals surface area contributed by atoms with Crippen LogP contribution in [0.3, 0.4) is 0 Å². The maximum atomic E-state index is 12.4. The summed E-state index contributed by atoms with van der Waals surface area (Å²) in [7, 11) is 0. The van der Waals surface area contributed by atoms with Crippen LogP contribution in [0.25, 0.3) is 0 Å². The fourth-order valence-electron chi connectivity index (χ4n) is 2.05. The first kappa shape index (κ1) is 22.9. The van der Waals surface area contributed by atoms with Gasteiger partial charge in [-0.05, 0) is 47.1 Å². The van der Waals surface area contributed by atoms with E-state index in [1.165, 1.54) is 0 Å². The SMILES string of the molecule is CC(C)(C)OC(=O)N(CC(N)COCc1ccccc1)C(=O)OC(C)(C)C. The summed E-state index contributed by atoms with van der Waals surface area (Å²) >= 11 is 0. The molecule has 1 atom stereocenters. The van der Waals surface area contributed by atoms with Gasteiger partial charge in [0, 0.05) is 6.04 Å². The molecule has 1 aromatic carbocycles. The Kier molecular flexibility index (Phi) is 8.24. The van der Waals surface area contributed by atoms with E-state index in [0.29, 0.717) is 6.61 Å². The van der Waals surface area contributed by atoms with Gasteiger partial charge in [-0.25, -0.2) is 14.5 Å². The predicted molar refractivity (Wildman–Crippen MR) is 103 cm³/mol. The molecule has 0 saturated carbocycles. The lowest BCUT2D eigenvalue weighted by atomic mass is 10.2. The zero-order valence-corrected chi connectivity index (χ0v) is 17.2. The molecule has 1 unspecified atom stereocenters. The molecule has 0 spiro atoms.